The quantitative estimate of drug-likeness (QED) is 0.872. The van der Waals surface area contributed by atoms with Gasteiger partial charge in [0.25, 0.3) is 5.91 Å². The molecule has 1 aliphatic heterocycles. The molecule has 0 saturated carbocycles. The summed E-state index contributed by atoms with van der Waals surface area (Å²) in [5.74, 6) is 0.761. The van der Waals surface area contributed by atoms with Crippen molar-refractivity contribution in [1.29, 1.82) is 0 Å². The fraction of sp³-hybridized carbons (Fsp3) is 0.400. The topological polar surface area (TPSA) is 55.3 Å². The third-order valence-corrected chi connectivity index (χ3v) is 4.40. The van der Waals surface area contributed by atoms with Crippen LogP contribution in [0, 0.1) is 0 Å². The highest BCUT2D eigenvalue weighted by molar-refractivity contribution is 7.12. The largest absolute Gasteiger partial charge is 0.478 e. The zero-order valence-corrected chi connectivity index (χ0v) is 12.7. The highest BCUT2D eigenvalue weighted by Gasteiger charge is 2.23. The molecule has 3 rings (SSSR count). The zero-order chi connectivity index (χ0) is 14.7. The maximum absolute atomic E-state index is 12.4. The van der Waals surface area contributed by atoms with Crippen LogP contribution in [-0.4, -0.2) is 40.5 Å². The van der Waals surface area contributed by atoms with Gasteiger partial charge in [-0.25, -0.2) is 9.97 Å². The lowest BCUT2D eigenvalue weighted by atomic mass is 10.1. The summed E-state index contributed by atoms with van der Waals surface area (Å²) in [6.45, 7) is 3.89. The van der Waals surface area contributed by atoms with Crippen molar-refractivity contribution in [2.75, 3.05) is 19.7 Å². The number of nitrogens with zero attached hydrogens (tertiary/aromatic N) is 3. The van der Waals surface area contributed by atoms with E-state index < -0.39 is 0 Å². The molecule has 0 saturated heterocycles. The molecule has 3 heterocycles. The van der Waals surface area contributed by atoms with Crippen LogP contribution in [0.1, 0.15) is 27.9 Å². The molecule has 0 N–H and O–H groups in total. The number of thiophene rings is 1. The number of carbonyl (C=O) groups is 1. The third kappa shape index (κ3) is 2.90. The number of amides is 1. The molecule has 0 radical (unpaired) electrons. The van der Waals surface area contributed by atoms with Crippen LogP contribution >= 0.6 is 11.3 Å². The summed E-state index contributed by atoms with van der Waals surface area (Å²) in [7, 11) is 0. The summed E-state index contributed by atoms with van der Waals surface area (Å²) in [6, 6.07) is 3.78. The third-order valence-electron chi connectivity index (χ3n) is 3.55. The van der Waals surface area contributed by atoms with E-state index in [9.17, 15) is 4.79 Å². The summed E-state index contributed by atoms with van der Waals surface area (Å²) >= 11 is 1.48. The smallest absolute Gasteiger partial charge is 0.263 e. The lowest BCUT2D eigenvalue weighted by Gasteiger charge is -2.19. The normalized spacial score (nSPS) is 14.4. The standard InChI is InChI=1S/C15H17N3O2S/c1-2-20-14-11-5-7-18(8-6-12(11)16-10-17-14)15(19)13-4-3-9-21-13/h3-4,9-10H,2,5-8H2,1H3. The van der Waals surface area contributed by atoms with E-state index in [0.29, 0.717) is 25.6 Å². The molecule has 110 valence electrons. The minimum atomic E-state index is 0.101. The monoisotopic (exact) mass is 303 g/mol. The Bertz CT molecular complexity index is 628. The minimum absolute atomic E-state index is 0.101. The van der Waals surface area contributed by atoms with Gasteiger partial charge in [-0.3, -0.25) is 4.79 Å². The van der Waals surface area contributed by atoms with Crippen LogP contribution in [0.15, 0.2) is 23.8 Å². The van der Waals surface area contributed by atoms with E-state index in [1.54, 1.807) is 6.33 Å². The number of fused-ring (bicyclic) bond motifs is 1. The second-order valence-electron chi connectivity index (χ2n) is 4.81. The van der Waals surface area contributed by atoms with Crippen LogP contribution < -0.4 is 4.74 Å². The number of hydrogen-bond donors (Lipinski definition) is 0. The van der Waals surface area contributed by atoms with Crippen LogP contribution in [0.3, 0.4) is 0 Å². The lowest BCUT2D eigenvalue weighted by molar-refractivity contribution is 0.0767. The Hall–Kier alpha value is -1.95. The Balaban J connectivity index is 1.79. The van der Waals surface area contributed by atoms with Gasteiger partial charge in [0.15, 0.2) is 0 Å². The summed E-state index contributed by atoms with van der Waals surface area (Å²) in [6.07, 6.45) is 3.03. The van der Waals surface area contributed by atoms with Gasteiger partial charge in [-0.1, -0.05) is 6.07 Å². The molecular weight excluding hydrogens is 286 g/mol. The van der Waals surface area contributed by atoms with Crippen molar-refractivity contribution in [2.24, 2.45) is 0 Å². The Labute approximate surface area is 127 Å². The molecular formula is C15H17N3O2S. The number of ether oxygens (including phenoxy) is 1. The van der Waals surface area contributed by atoms with Crippen LogP contribution in [0.2, 0.25) is 0 Å². The number of carbonyl (C=O) groups excluding carboxylic acids is 1. The molecule has 0 aliphatic carbocycles. The molecule has 1 amide bonds. The first kappa shape index (κ1) is 14.0. The fourth-order valence-electron chi connectivity index (χ4n) is 2.52. The average Bonchev–Trinajstić information content (AvgIpc) is 2.94. The molecule has 0 fully saturated rings. The number of hydrogen-bond acceptors (Lipinski definition) is 5. The van der Waals surface area contributed by atoms with Gasteiger partial charge in [-0.15, -0.1) is 11.3 Å². The molecule has 0 unspecified atom stereocenters. The van der Waals surface area contributed by atoms with Gasteiger partial charge in [-0.2, -0.15) is 0 Å². The Morgan fingerprint density at radius 1 is 1.38 bits per heavy atom. The fourth-order valence-corrected chi connectivity index (χ4v) is 3.21. The van der Waals surface area contributed by atoms with E-state index >= 15 is 0 Å². The summed E-state index contributed by atoms with van der Waals surface area (Å²) < 4.78 is 5.58. The van der Waals surface area contributed by atoms with Crippen LogP contribution in [0.25, 0.3) is 0 Å². The molecule has 0 aromatic carbocycles. The van der Waals surface area contributed by atoms with Gasteiger partial charge < -0.3 is 9.64 Å². The molecule has 21 heavy (non-hydrogen) atoms. The van der Waals surface area contributed by atoms with Gasteiger partial charge in [0.05, 0.1) is 17.2 Å². The van der Waals surface area contributed by atoms with Gasteiger partial charge in [-0.05, 0) is 24.8 Å². The number of aromatic nitrogens is 2. The lowest BCUT2D eigenvalue weighted by Crippen LogP contribution is -2.32. The van der Waals surface area contributed by atoms with Gasteiger partial charge >= 0.3 is 0 Å². The van der Waals surface area contributed by atoms with Gasteiger partial charge in [0.1, 0.15) is 6.33 Å². The van der Waals surface area contributed by atoms with E-state index in [0.717, 1.165) is 29.0 Å². The first-order valence-electron chi connectivity index (χ1n) is 7.08. The van der Waals surface area contributed by atoms with E-state index in [1.165, 1.54) is 11.3 Å². The van der Waals surface area contributed by atoms with E-state index in [4.69, 9.17) is 4.74 Å². The maximum atomic E-state index is 12.4. The maximum Gasteiger partial charge on any atom is 0.263 e. The second kappa shape index (κ2) is 6.22. The molecule has 2 aromatic heterocycles. The van der Waals surface area contributed by atoms with Crippen molar-refractivity contribution in [3.05, 3.63) is 40.0 Å². The van der Waals surface area contributed by atoms with Gasteiger partial charge in [0, 0.05) is 25.1 Å². The van der Waals surface area contributed by atoms with E-state index in [1.807, 2.05) is 29.3 Å². The van der Waals surface area contributed by atoms with Gasteiger partial charge in [0.2, 0.25) is 5.88 Å². The minimum Gasteiger partial charge on any atom is -0.478 e. The van der Waals surface area contributed by atoms with Crippen molar-refractivity contribution in [3.63, 3.8) is 0 Å². The van der Waals surface area contributed by atoms with Crippen molar-refractivity contribution in [2.45, 2.75) is 19.8 Å². The Morgan fingerprint density at radius 2 is 2.24 bits per heavy atom. The van der Waals surface area contributed by atoms with E-state index in [-0.39, 0.29) is 5.91 Å². The van der Waals surface area contributed by atoms with Crippen molar-refractivity contribution in [1.82, 2.24) is 14.9 Å². The van der Waals surface area contributed by atoms with Crippen molar-refractivity contribution in [3.8, 4) is 5.88 Å². The highest BCUT2D eigenvalue weighted by Crippen LogP contribution is 2.23. The number of rotatable bonds is 3. The van der Waals surface area contributed by atoms with Crippen molar-refractivity contribution >= 4 is 17.2 Å². The second-order valence-corrected chi connectivity index (χ2v) is 5.75. The molecule has 0 spiro atoms. The van der Waals surface area contributed by atoms with Crippen molar-refractivity contribution < 1.29 is 9.53 Å². The van der Waals surface area contributed by atoms with E-state index in [2.05, 4.69) is 9.97 Å². The first-order valence-corrected chi connectivity index (χ1v) is 7.96. The summed E-state index contributed by atoms with van der Waals surface area (Å²) in [5.41, 5.74) is 2.04. The Morgan fingerprint density at radius 3 is 3.00 bits per heavy atom. The predicted octanol–water partition coefficient (Wildman–Crippen LogP) is 2.18. The molecule has 6 heteroatoms. The predicted molar refractivity (Wildman–Crippen MR) is 80.8 cm³/mol. The van der Waals surface area contributed by atoms with Crippen LogP contribution in [-0.2, 0) is 12.8 Å². The summed E-state index contributed by atoms with van der Waals surface area (Å²) in [4.78, 5) is 23.7. The first-order chi connectivity index (χ1) is 10.3. The molecule has 0 atom stereocenters. The average molecular weight is 303 g/mol. The Kier molecular flexibility index (Phi) is 4.15. The highest BCUT2D eigenvalue weighted by atomic mass is 32.1. The molecule has 0 bridgehead atoms. The molecule has 2 aromatic rings. The van der Waals surface area contributed by atoms with Crippen LogP contribution in [0.5, 0.6) is 5.88 Å². The molecule has 1 aliphatic rings. The van der Waals surface area contributed by atoms with Crippen LogP contribution in [0.4, 0.5) is 0 Å². The summed E-state index contributed by atoms with van der Waals surface area (Å²) in [5, 5.41) is 1.93. The SMILES string of the molecule is CCOc1ncnc2c1CCN(C(=O)c1cccs1)CC2. The molecule has 5 nitrogen and oxygen atoms in total. The zero-order valence-electron chi connectivity index (χ0n) is 11.9.